The first kappa shape index (κ1) is 11.4. The topological polar surface area (TPSA) is 63.2 Å². The predicted molar refractivity (Wildman–Crippen MR) is 66.9 cm³/mol. The third kappa shape index (κ3) is 1.65. The maximum absolute atomic E-state index is 12.3. The summed E-state index contributed by atoms with van der Waals surface area (Å²) in [6.07, 6.45) is 1.43. The number of aromatic nitrogens is 2. The van der Waals surface area contributed by atoms with Crippen LogP contribution in [0.1, 0.15) is 5.56 Å². The number of rotatable bonds is 1. The van der Waals surface area contributed by atoms with Crippen LogP contribution in [-0.2, 0) is 16.6 Å². The number of hydrogen-bond donors (Lipinski definition) is 0. The van der Waals surface area contributed by atoms with Crippen LogP contribution in [0.4, 0.5) is 5.82 Å². The Labute approximate surface area is 109 Å². The van der Waals surface area contributed by atoms with Crippen LogP contribution in [-0.4, -0.2) is 18.4 Å². The largest absolute Gasteiger partial charge is 0.266 e. The number of nitrogens with zero attached hydrogens (tertiary/aromatic N) is 3. The Bertz CT molecular complexity index is 718. The molecule has 1 aromatic heterocycles. The van der Waals surface area contributed by atoms with Crippen molar-refractivity contribution >= 4 is 27.4 Å². The molecule has 0 radical (unpaired) electrons. The normalized spacial score (nSPS) is 16.6. The van der Waals surface area contributed by atoms with Gasteiger partial charge in [0, 0.05) is 12.3 Å². The molecule has 0 atom stereocenters. The summed E-state index contributed by atoms with van der Waals surface area (Å²) in [5, 5.41) is 0.0265. The average Bonchev–Trinajstić information content (AvgIpc) is 2.62. The summed E-state index contributed by atoms with van der Waals surface area (Å²) < 4.78 is 25.9. The van der Waals surface area contributed by atoms with Crippen LogP contribution >= 0.6 is 11.6 Å². The molecule has 1 aliphatic heterocycles. The van der Waals surface area contributed by atoms with E-state index in [0.29, 0.717) is 4.90 Å². The molecule has 0 N–H and O–H groups in total. The fourth-order valence-electron chi connectivity index (χ4n) is 1.91. The summed E-state index contributed by atoms with van der Waals surface area (Å²) >= 11 is 5.68. The molecule has 2 aromatic rings. The highest BCUT2D eigenvalue weighted by Gasteiger charge is 2.35. The van der Waals surface area contributed by atoms with Gasteiger partial charge in [-0.2, -0.15) is 4.98 Å². The molecular weight excluding hydrogens is 274 g/mol. The Morgan fingerprint density at radius 2 is 2.00 bits per heavy atom. The van der Waals surface area contributed by atoms with E-state index in [9.17, 15) is 8.42 Å². The summed E-state index contributed by atoms with van der Waals surface area (Å²) in [7, 11) is -3.53. The summed E-state index contributed by atoms with van der Waals surface area (Å²) in [5.41, 5.74) is 0.757. The first-order chi connectivity index (χ1) is 8.59. The number of anilines is 1. The second-order valence-corrected chi connectivity index (χ2v) is 5.97. The molecular formula is C11H8ClN3O2S. The van der Waals surface area contributed by atoms with E-state index in [1.807, 2.05) is 6.07 Å². The van der Waals surface area contributed by atoms with Crippen molar-refractivity contribution in [1.82, 2.24) is 9.97 Å². The molecule has 0 unspecified atom stereocenters. The zero-order valence-corrected chi connectivity index (χ0v) is 10.7. The molecule has 0 aliphatic carbocycles. The van der Waals surface area contributed by atoms with Gasteiger partial charge in [-0.25, -0.2) is 17.7 Å². The Morgan fingerprint density at radius 1 is 1.22 bits per heavy atom. The lowest BCUT2D eigenvalue weighted by atomic mass is 10.2. The fraction of sp³-hybridized carbons (Fsp3) is 0.0909. The smallest absolute Gasteiger partial charge is 0.245 e. The number of benzene rings is 1. The third-order valence-corrected chi connectivity index (χ3v) is 4.75. The zero-order chi connectivity index (χ0) is 12.8. The van der Waals surface area contributed by atoms with Crippen LogP contribution < -0.4 is 4.31 Å². The van der Waals surface area contributed by atoms with E-state index in [1.165, 1.54) is 16.6 Å². The summed E-state index contributed by atoms with van der Waals surface area (Å²) in [6.45, 7) is 0.270. The van der Waals surface area contributed by atoms with Gasteiger partial charge >= 0.3 is 0 Å². The van der Waals surface area contributed by atoms with Gasteiger partial charge in [-0.3, -0.25) is 0 Å². The Balaban J connectivity index is 2.14. The highest BCUT2D eigenvalue weighted by Crippen LogP contribution is 2.33. The van der Waals surface area contributed by atoms with Crippen molar-refractivity contribution < 1.29 is 8.42 Å². The van der Waals surface area contributed by atoms with E-state index < -0.39 is 10.0 Å². The molecule has 0 fully saturated rings. The second-order valence-electron chi connectivity index (χ2n) is 3.80. The van der Waals surface area contributed by atoms with Gasteiger partial charge in [0.25, 0.3) is 10.0 Å². The molecule has 1 aliphatic rings. The predicted octanol–water partition coefficient (Wildman–Crippen LogP) is 1.84. The number of halogens is 1. The Kier molecular flexibility index (Phi) is 2.49. The highest BCUT2D eigenvalue weighted by atomic mass is 35.5. The maximum atomic E-state index is 12.3. The molecule has 1 aromatic carbocycles. The van der Waals surface area contributed by atoms with Crippen LogP contribution in [0.5, 0.6) is 0 Å². The fourth-order valence-corrected chi connectivity index (χ4v) is 3.67. The van der Waals surface area contributed by atoms with Crippen LogP contribution in [0.2, 0.25) is 5.28 Å². The van der Waals surface area contributed by atoms with Crippen molar-refractivity contribution in [1.29, 1.82) is 0 Å². The molecule has 7 heteroatoms. The van der Waals surface area contributed by atoms with Crippen LogP contribution in [0, 0.1) is 0 Å². The molecule has 0 amide bonds. The van der Waals surface area contributed by atoms with Crippen LogP contribution in [0.25, 0.3) is 0 Å². The molecule has 2 heterocycles. The number of sulfonamides is 1. The average molecular weight is 282 g/mol. The van der Waals surface area contributed by atoms with Gasteiger partial charge in [-0.05, 0) is 23.2 Å². The minimum Gasteiger partial charge on any atom is -0.245 e. The van der Waals surface area contributed by atoms with E-state index in [-0.39, 0.29) is 17.6 Å². The molecule has 18 heavy (non-hydrogen) atoms. The lowest BCUT2D eigenvalue weighted by Crippen LogP contribution is -2.24. The van der Waals surface area contributed by atoms with E-state index >= 15 is 0 Å². The third-order valence-electron chi connectivity index (χ3n) is 2.72. The van der Waals surface area contributed by atoms with Gasteiger partial charge in [0.1, 0.15) is 5.82 Å². The minimum absolute atomic E-state index is 0.0265. The van der Waals surface area contributed by atoms with Gasteiger partial charge in [-0.1, -0.05) is 18.2 Å². The van der Waals surface area contributed by atoms with Gasteiger partial charge in [0.05, 0.1) is 11.4 Å². The first-order valence-corrected chi connectivity index (χ1v) is 7.00. The van der Waals surface area contributed by atoms with E-state index in [1.54, 1.807) is 18.2 Å². The minimum atomic E-state index is -3.53. The van der Waals surface area contributed by atoms with Gasteiger partial charge in [0.15, 0.2) is 0 Å². The van der Waals surface area contributed by atoms with E-state index in [2.05, 4.69) is 9.97 Å². The maximum Gasteiger partial charge on any atom is 0.266 e. The van der Waals surface area contributed by atoms with Gasteiger partial charge in [0.2, 0.25) is 5.28 Å². The first-order valence-electron chi connectivity index (χ1n) is 5.18. The van der Waals surface area contributed by atoms with E-state index in [4.69, 9.17) is 11.6 Å². The summed E-state index contributed by atoms with van der Waals surface area (Å²) in [4.78, 5) is 8.00. The second kappa shape index (κ2) is 3.93. The molecule has 5 nitrogen and oxygen atoms in total. The lowest BCUT2D eigenvalue weighted by Gasteiger charge is -2.15. The Morgan fingerprint density at radius 3 is 2.72 bits per heavy atom. The van der Waals surface area contributed by atoms with Crippen molar-refractivity contribution in [2.45, 2.75) is 11.4 Å². The molecule has 0 spiro atoms. The van der Waals surface area contributed by atoms with Crippen molar-refractivity contribution in [3.05, 3.63) is 47.4 Å². The summed E-state index contributed by atoms with van der Waals surface area (Å²) in [6, 6.07) is 8.41. The zero-order valence-electron chi connectivity index (χ0n) is 9.12. The number of hydrogen-bond acceptors (Lipinski definition) is 4. The van der Waals surface area contributed by atoms with Gasteiger partial charge in [-0.15, -0.1) is 0 Å². The Hall–Kier alpha value is -1.66. The molecule has 3 rings (SSSR count). The molecule has 0 bridgehead atoms. The molecule has 92 valence electrons. The van der Waals surface area contributed by atoms with E-state index in [0.717, 1.165) is 5.56 Å². The number of fused-ring (bicyclic) bond motifs is 1. The molecule has 0 saturated heterocycles. The van der Waals surface area contributed by atoms with Gasteiger partial charge < -0.3 is 0 Å². The monoisotopic (exact) mass is 281 g/mol. The lowest BCUT2D eigenvalue weighted by molar-refractivity contribution is 0.596. The quantitative estimate of drug-likeness (QED) is 0.748. The van der Waals surface area contributed by atoms with Crippen molar-refractivity contribution in [2.24, 2.45) is 0 Å². The standard InChI is InChI=1S/C11H8ClN3O2S/c12-11-13-6-5-10(14-11)15-7-8-3-1-2-4-9(8)18(15,16)17/h1-6H,7H2. The van der Waals surface area contributed by atoms with Crippen molar-refractivity contribution in [2.75, 3.05) is 4.31 Å². The SMILES string of the molecule is O=S1(=O)c2ccccc2CN1c1ccnc(Cl)n1. The van der Waals surface area contributed by atoms with Crippen molar-refractivity contribution in [3.63, 3.8) is 0 Å². The highest BCUT2D eigenvalue weighted by molar-refractivity contribution is 7.93. The van der Waals surface area contributed by atoms with Crippen LogP contribution in [0.3, 0.4) is 0 Å². The molecule has 0 saturated carbocycles. The van der Waals surface area contributed by atoms with Crippen molar-refractivity contribution in [3.8, 4) is 0 Å². The summed E-state index contributed by atoms with van der Waals surface area (Å²) in [5.74, 6) is 0.284. The van der Waals surface area contributed by atoms with Crippen LogP contribution in [0.15, 0.2) is 41.4 Å².